The molecule has 1 heterocycles. The lowest BCUT2D eigenvalue weighted by molar-refractivity contribution is -0.130. The number of halogens is 2. The van der Waals surface area contributed by atoms with Crippen LogP contribution in [-0.4, -0.2) is 78.7 Å². The van der Waals surface area contributed by atoms with Crippen LogP contribution in [0.2, 0.25) is 10.0 Å². The van der Waals surface area contributed by atoms with Crippen LogP contribution >= 0.6 is 23.2 Å². The molecule has 0 radical (unpaired) electrons. The smallest absolute Gasteiger partial charge is 0.416 e. The van der Waals surface area contributed by atoms with E-state index in [9.17, 15) is 18.0 Å². The Morgan fingerprint density at radius 1 is 1.07 bits per heavy atom. The number of sulfonamides is 1. The van der Waals surface area contributed by atoms with Crippen molar-refractivity contribution in [1.29, 1.82) is 0 Å². The molecule has 12 heteroatoms. The van der Waals surface area contributed by atoms with E-state index in [0.29, 0.717) is 25.5 Å². The Bertz CT molecular complexity index is 1350. The van der Waals surface area contributed by atoms with Crippen LogP contribution in [0.25, 0.3) is 0 Å². The average Bonchev–Trinajstić information content (AvgIpc) is 3.33. The van der Waals surface area contributed by atoms with Gasteiger partial charge in [-0.15, -0.1) is 0 Å². The lowest BCUT2D eigenvalue weighted by Crippen LogP contribution is -2.40. The molecule has 1 aliphatic rings. The first-order chi connectivity index (χ1) is 18.6. The molecule has 9 nitrogen and oxygen atoms in total. The van der Waals surface area contributed by atoms with E-state index in [4.69, 9.17) is 27.9 Å². The van der Waals surface area contributed by atoms with E-state index >= 15 is 0 Å². The third-order valence-corrected chi connectivity index (χ3v) is 9.15. The minimum atomic E-state index is -4.03. The van der Waals surface area contributed by atoms with Crippen molar-refractivity contribution in [3.05, 3.63) is 63.6 Å². The van der Waals surface area contributed by atoms with Crippen molar-refractivity contribution >= 4 is 51.1 Å². The van der Waals surface area contributed by atoms with E-state index in [-0.39, 0.29) is 33.8 Å². The maximum atomic E-state index is 13.4. The topological polar surface area (TPSA) is 99.6 Å². The zero-order valence-corrected chi connectivity index (χ0v) is 26.0. The molecule has 0 spiro atoms. The van der Waals surface area contributed by atoms with Gasteiger partial charge in [0.15, 0.2) is 0 Å². The molecule has 2 aromatic rings. The first-order valence-corrected chi connectivity index (χ1v) is 15.2. The number of amidine groups is 1. The summed E-state index contributed by atoms with van der Waals surface area (Å²) in [5, 5.41) is 0.0608. The molecule has 40 heavy (non-hydrogen) atoms. The first kappa shape index (κ1) is 31.9. The summed E-state index contributed by atoms with van der Waals surface area (Å²) in [5.41, 5.74) is 1.04. The standard InChI is InChI=1S/C28H36Cl2N4O5S/c1-19(2)34(40(37,38)25-22(29)8-7-9-23(25)30)16-14-24(35)32(6)18-20-10-12-21(13-11-20)26-31-15-17-33(26)27(36)39-28(3,4)5/h7-13,19H,14-18H2,1-6H3. The lowest BCUT2D eigenvalue weighted by Gasteiger charge is -2.27. The van der Waals surface area contributed by atoms with E-state index < -0.39 is 27.8 Å². The number of nitrogens with zero attached hydrogens (tertiary/aromatic N) is 4. The van der Waals surface area contributed by atoms with Gasteiger partial charge in [-0.1, -0.05) is 53.5 Å². The maximum absolute atomic E-state index is 13.4. The molecular weight excluding hydrogens is 575 g/mol. The van der Waals surface area contributed by atoms with Crippen LogP contribution in [0, 0.1) is 0 Å². The molecule has 0 saturated carbocycles. The summed E-state index contributed by atoms with van der Waals surface area (Å²) in [5.74, 6) is 0.338. The Hall–Kier alpha value is -2.66. The Kier molecular flexibility index (Phi) is 10.3. The van der Waals surface area contributed by atoms with Crippen LogP contribution in [0.1, 0.15) is 52.2 Å². The predicted molar refractivity (Wildman–Crippen MR) is 157 cm³/mol. The van der Waals surface area contributed by atoms with Crippen molar-refractivity contribution in [3.8, 4) is 0 Å². The van der Waals surface area contributed by atoms with Gasteiger partial charge in [-0.2, -0.15) is 4.31 Å². The summed E-state index contributed by atoms with van der Waals surface area (Å²) in [6.07, 6.45) is -0.456. The van der Waals surface area contributed by atoms with E-state index in [1.807, 2.05) is 45.0 Å². The fraction of sp³-hybridized carbons (Fsp3) is 0.464. The summed E-state index contributed by atoms with van der Waals surface area (Å²) >= 11 is 12.3. The number of hydrogen-bond donors (Lipinski definition) is 0. The number of carbonyl (C=O) groups excluding carboxylic acids is 2. The maximum Gasteiger partial charge on any atom is 0.416 e. The zero-order chi connectivity index (χ0) is 29.8. The average molecular weight is 612 g/mol. The number of ether oxygens (including phenoxy) is 1. The second kappa shape index (κ2) is 12.9. The summed E-state index contributed by atoms with van der Waals surface area (Å²) in [4.78, 5) is 32.9. The summed E-state index contributed by atoms with van der Waals surface area (Å²) in [6, 6.07) is 11.6. The third kappa shape index (κ3) is 7.75. The molecule has 218 valence electrons. The molecule has 0 aliphatic carbocycles. The van der Waals surface area contributed by atoms with Crippen LogP contribution < -0.4 is 0 Å². The quantitative estimate of drug-likeness (QED) is 0.376. The Morgan fingerprint density at radius 2 is 1.68 bits per heavy atom. The Morgan fingerprint density at radius 3 is 2.23 bits per heavy atom. The fourth-order valence-corrected chi connectivity index (χ4v) is 6.94. The fourth-order valence-electron chi connectivity index (χ4n) is 4.21. The molecular formula is C28H36Cl2N4O5S. The number of benzene rings is 2. The van der Waals surface area contributed by atoms with E-state index in [1.165, 1.54) is 21.3 Å². The highest BCUT2D eigenvalue weighted by Crippen LogP contribution is 2.32. The molecule has 0 atom stereocenters. The SMILES string of the molecule is CC(C)N(CCC(=O)N(C)Cc1ccc(C2=NCCN2C(=O)OC(C)(C)C)cc1)S(=O)(=O)c1c(Cl)cccc1Cl. The van der Waals surface area contributed by atoms with Gasteiger partial charge in [0.25, 0.3) is 0 Å². The predicted octanol–water partition coefficient (Wildman–Crippen LogP) is 5.44. The molecule has 0 N–H and O–H groups in total. The molecule has 0 fully saturated rings. The van der Waals surface area contributed by atoms with Gasteiger partial charge in [0.05, 0.1) is 23.1 Å². The van der Waals surface area contributed by atoms with Crippen LogP contribution in [0.5, 0.6) is 0 Å². The highest BCUT2D eigenvalue weighted by molar-refractivity contribution is 7.89. The van der Waals surface area contributed by atoms with Crippen molar-refractivity contribution in [2.45, 2.75) is 64.1 Å². The van der Waals surface area contributed by atoms with Crippen LogP contribution in [0.15, 0.2) is 52.4 Å². The number of rotatable bonds is 9. The van der Waals surface area contributed by atoms with Gasteiger partial charge < -0.3 is 9.64 Å². The lowest BCUT2D eigenvalue weighted by atomic mass is 10.1. The summed E-state index contributed by atoms with van der Waals surface area (Å²) in [6.45, 7) is 10.2. The molecule has 0 bridgehead atoms. The van der Waals surface area contributed by atoms with Crippen LogP contribution in [0.4, 0.5) is 4.79 Å². The van der Waals surface area contributed by atoms with Crippen LogP contribution in [-0.2, 0) is 26.1 Å². The number of aliphatic imine (C=N–C) groups is 1. The number of amides is 2. The molecule has 2 aromatic carbocycles. The second-order valence-corrected chi connectivity index (χ2v) is 13.4. The highest BCUT2D eigenvalue weighted by atomic mass is 35.5. The van der Waals surface area contributed by atoms with Gasteiger partial charge >= 0.3 is 6.09 Å². The van der Waals surface area contributed by atoms with Crippen molar-refractivity contribution < 1.29 is 22.7 Å². The molecule has 0 aromatic heterocycles. The third-order valence-electron chi connectivity index (χ3n) is 6.12. The van der Waals surface area contributed by atoms with E-state index in [2.05, 4.69) is 4.99 Å². The number of hydrogen-bond acceptors (Lipinski definition) is 6. The number of carbonyl (C=O) groups is 2. The normalized spacial score (nSPS) is 14.1. The minimum Gasteiger partial charge on any atom is -0.443 e. The van der Waals surface area contributed by atoms with E-state index in [0.717, 1.165) is 11.1 Å². The van der Waals surface area contributed by atoms with Gasteiger partial charge in [-0.05, 0) is 52.3 Å². The first-order valence-electron chi connectivity index (χ1n) is 13.0. The highest BCUT2D eigenvalue weighted by Gasteiger charge is 2.32. The van der Waals surface area contributed by atoms with Gasteiger partial charge in [-0.3, -0.25) is 14.7 Å². The molecule has 1 aliphatic heterocycles. The van der Waals surface area contributed by atoms with Gasteiger partial charge in [0.2, 0.25) is 15.9 Å². The largest absolute Gasteiger partial charge is 0.443 e. The monoisotopic (exact) mass is 610 g/mol. The summed E-state index contributed by atoms with van der Waals surface area (Å²) < 4.78 is 33.4. The van der Waals surface area contributed by atoms with Crippen molar-refractivity contribution in [2.75, 3.05) is 26.7 Å². The second-order valence-electron chi connectivity index (χ2n) is 10.8. The van der Waals surface area contributed by atoms with E-state index in [1.54, 1.807) is 31.9 Å². The Balaban J connectivity index is 1.64. The van der Waals surface area contributed by atoms with Gasteiger partial charge in [0.1, 0.15) is 16.3 Å². The molecule has 2 amide bonds. The van der Waals surface area contributed by atoms with Crippen LogP contribution in [0.3, 0.4) is 0 Å². The van der Waals surface area contributed by atoms with Gasteiger partial charge in [0, 0.05) is 38.2 Å². The zero-order valence-electron chi connectivity index (χ0n) is 23.6. The molecule has 3 rings (SSSR count). The Labute approximate surface area is 246 Å². The molecule has 0 unspecified atom stereocenters. The minimum absolute atomic E-state index is 0.0181. The van der Waals surface area contributed by atoms with Crippen molar-refractivity contribution in [1.82, 2.24) is 14.1 Å². The van der Waals surface area contributed by atoms with Crippen molar-refractivity contribution in [3.63, 3.8) is 0 Å². The summed E-state index contributed by atoms with van der Waals surface area (Å²) in [7, 11) is -2.36. The van der Waals surface area contributed by atoms with Gasteiger partial charge in [-0.25, -0.2) is 13.2 Å². The van der Waals surface area contributed by atoms with Crippen molar-refractivity contribution in [2.24, 2.45) is 4.99 Å². The molecule has 0 saturated heterocycles.